The minimum absolute atomic E-state index is 0.0989. The lowest BCUT2D eigenvalue weighted by Gasteiger charge is -2.12. The summed E-state index contributed by atoms with van der Waals surface area (Å²) in [6, 6.07) is 10.2. The van der Waals surface area contributed by atoms with Crippen molar-refractivity contribution in [2.24, 2.45) is 0 Å². The maximum absolute atomic E-state index is 10.9. The van der Waals surface area contributed by atoms with Crippen molar-refractivity contribution in [2.45, 2.75) is 26.2 Å². The number of rotatable bonds is 4. The van der Waals surface area contributed by atoms with Crippen LogP contribution in [0.1, 0.15) is 31.7 Å². The molecule has 2 rings (SSSR count). The molecule has 0 unspecified atom stereocenters. The molecule has 0 aliphatic rings. The van der Waals surface area contributed by atoms with Crippen molar-refractivity contribution in [1.29, 1.82) is 0 Å². The van der Waals surface area contributed by atoms with Crippen LogP contribution in [-0.2, 0) is 4.79 Å². The molecule has 0 aliphatic heterocycles. The van der Waals surface area contributed by atoms with E-state index in [2.05, 4.69) is 24.0 Å². The molecule has 92 valence electrons. The first kappa shape index (κ1) is 12.5. The zero-order valence-electron chi connectivity index (χ0n) is 10.8. The third kappa shape index (κ3) is 2.83. The fraction of sp³-hybridized carbons (Fsp3) is 0.250. The SMILES string of the molecule is CC(=O)/C=C\C[C@H](C)c1ccnc2ccccc12. The molecular weight excluding hydrogens is 222 g/mol. The Balaban J connectivity index is 2.27. The molecule has 0 saturated heterocycles. The van der Waals surface area contributed by atoms with Gasteiger partial charge in [-0.1, -0.05) is 31.2 Å². The molecule has 0 spiro atoms. The molecule has 0 saturated carbocycles. The predicted molar refractivity (Wildman–Crippen MR) is 74.6 cm³/mol. The Bertz CT molecular complexity index is 581. The first-order valence-corrected chi connectivity index (χ1v) is 6.19. The number of hydrogen-bond acceptors (Lipinski definition) is 2. The summed E-state index contributed by atoms with van der Waals surface area (Å²) in [6.07, 6.45) is 6.30. The minimum atomic E-state index is 0.0989. The van der Waals surface area contributed by atoms with E-state index >= 15 is 0 Å². The van der Waals surface area contributed by atoms with Crippen LogP contribution in [0.3, 0.4) is 0 Å². The van der Waals surface area contributed by atoms with Crippen LogP contribution in [0.2, 0.25) is 0 Å². The number of pyridine rings is 1. The summed E-state index contributed by atoms with van der Waals surface area (Å²) in [5, 5.41) is 1.20. The van der Waals surface area contributed by atoms with Gasteiger partial charge < -0.3 is 0 Å². The van der Waals surface area contributed by atoms with Crippen molar-refractivity contribution in [2.75, 3.05) is 0 Å². The Hall–Kier alpha value is -1.96. The molecule has 0 aliphatic carbocycles. The molecule has 2 aromatic rings. The fourth-order valence-corrected chi connectivity index (χ4v) is 2.11. The van der Waals surface area contributed by atoms with Gasteiger partial charge in [-0.2, -0.15) is 0 Å². The summed E-state index contributed by atoms with van der Waals surface area (Å²) in [6.45, 7) is 3.75. The first-order valence-electron chi connectivity index (χ1n) is 6.19. The van der Waals surface area contributed by atoms with E-state index in [-0.39, 0.29) is 5.78 Å². The van der Waals surface area contributed by atoms with Gasteiger partial charge in [0.05, 0.1) is 5.52 Å². The van der Waals surface area contributed by atoms with E-state index in [1.165, 1.54) is 10.9 Å². The lowest BCUT2D eigenvalue weighted by molar-refractivity contribution is -0.112. The van der Waals surface area contributed by atoms with Crippen LogP contribution in [0.25, 0.3) is 10.9 Å². The molecule has 1 heterocycles. The fourth-order valence-electron chi connectivity index (χ4n) is 2.11. The Morgan fingerprint density at radius 1 is 1.33 bits per heavy atom. The van der Waals surface area contributed by atoms with E-state index in [4.69, 9.17) is 0 Å². The first-order chi connectivity index (χ1) is 8.68. The Morgan fingerprint density at radius 3 is 2.89 bits per heavy atom. The lowest BCUT2D eigenvalue weighted by atomic mass is 9.94. The van der Waals surface area contributed by atoms with Crippen LogP contribution in [0.4, 0.5) is 0 Å². The molecule has 1 aromatic heterocycles. The van der Waals surface area contributed by atoms with E-state index in [0.717, 1.165) is 11.9 Å². The molecule has 1 atom stereocenters. The second-order valence-corrected chi connectivity index (χ2v) is 4.57. The molecule has 2 heteroatoms. The van der Waals surface area contributed by atoms with E-state index in [0.29, 0.717) is 5.92 Å². The zero-order chi connectivity index (χ0) is 13.0. The van der Waals surface area contributed by atoms with Crippen molar-refractivity contribution in [3.8, 4) is 0 Å². The molecule has 0 amide bonds. The van der Waals surface area contributed by atoms with Crippen LogP contribution < -0.4 is 0 Å². The van der Waals surface area contributed by atoms with Crippen LogP contribution in [0.5, 0.6) is 0 Å². The highest BCUT2D eigenvalue weighted by atomic mass is 16.1. The molecule has 0 fully saturated rings. The van der Waals surface area contributed by atoms with Gasteiger partial charge >= 0.3 is 0 Å². The summed E-state index contributed by atoms with van der Waals surface area (Å²) in [7, 11) is 0. The lowest BCUT2D eigenvalue weighted by Crippen LogP contribution is -1.95. The smallest absolute Gasteiger partial charge is 0.152 e. The van der Waals surface area contributed by atoms with E-state index < -0.39 is 0 Å². The van der Waals surface area contributed by atoms with Crippen LogP contribution >= 0.6 is 0 Å². The Morgan fingerprint density at radius 2 is 2.11 bits per heavy atom. The summed E-state index contributed by atoms with van der Waals surface area (Å²) >= 11 is 0. The second kappa shape index (κ2) is 5.58. The van der Waals surface area contributed by atoms with Crippen molar-refractivity contribution in [1.82, 2.24) is 4.98 Å². The van der Waals surface area contributed by atoms with E-state index in [1.807, 2.05) is 30.5 Å². The number of aromatic nitrogens is 1. The molecule has 0 N–H and O–H groups in total. The summed E-state index contributed by atoms with van der Waals surface area (Å²) in [4.78, 5) is 15.2. The summed E-state index contributed by atoms with van der Waals surface area (Å²) < 4.78 is 0. The van der Waals surface area contributed by atoms with Gasteiger partial charge in [-0.25, -0.2) is 0 Å². The topological polar surface area (TPSA) is 30.0 Å². The molecule has 2 nitrogen and oxygen atoms in total. The van der Waals surface area contributed by atoms with E-state index in [9.17, 15) is 4.79 Å². The quantitative estimate of drug-likeness (QED) is 0.758. The van der Waals surface area contributed by atoms with Crippen LogP contribution in [0.15, 0.2) is 48.7 Å². The zero-order valence-corrected chi connectivity index (χ0v) is 10.8. The second-order valence-electron chi connectivity index (χ2n) is 4.57. The Labute approximate surface area is 107 Å². The van der Waals surface area contributed by atoms with Gasteiger partial charge in [0, 0.05) is 11.6 Å². The Kier molecular flexibility index (Phi) is 3.88. The van der Waals surface area contributed by atoms with Crippen molar-refractivity contribution >= 4 is 16.7 Å². The molecule has 0 bridgehead atoms. The monoisotopic (exact) mass is 239 g/mol. The third-order valence-electron chi connectivity index (χ3n) is 3.06. The van der Waals surface area contributed by atoms with Gasteiger partial charge in [0.25, 0.3) is 0 Å². The minimum Gasteiger partial charge on any atom is -0.295 e. The average molecular weight is 239 g/mol. The average Bonchev–Trinajstić information content (AvgIpc) is 2.37. The number of nitrogens with zero attached hydrogens (tertiary/aromatic N) is 1. The van der Waals surface area contributed by atoms with Crippen LogP contribution in [0, 0.1) is 0 Å². The predicted octanol–water partition coefficient (Wildman–Crippen LogP) is 3.87. The number of para-hydroxylation sites is 1. The number of fused-ring (bicyclic) bond motifs is 1. The summed E-state index contributed by atoms with van der Waals surface area (Å²) in [5.41, 5.74) is 2.31. The highest BCUT2D eigenvalue weighted by Crippen LogP contribution is 2.26. The van der Waals surface area contributed by atoms with Crippen molar-refractivity contribution in [3.63, 3.8) is 0 Å². The highest BCUT2D eigenvalue weighted by molar-refractivity contribution is 5.87. The normalized spacial score (nSPS) is 13.0. The maximum atomic E-state index is 10.9. The van der Waals surface area contributed by atoms with Gasteiger partial charge in [0.2, 0.25) is 0 Å². The summed E-state index contributed by atoms with van der Waals surface area (Å²) in [5.74, 6) is 0.482. The van der Waals surface area contributed by atoms with Gasteiger partial charge in [-0.05, 0) is 43.0 Å². The number of carbonyl (C=O) groups excluding carboxylic acids is 1. The van der Waals surface area contributed by atoms with Crippen LogP contribution in [-0.4, -0.2) is 10.8 Å². The van der Waals surface area contributed by atoms with Gasteiger partial charge in [0.15, 0.2) is 5.78 Å². The van der Waals surface area contributed by atoms with Gasteiger partial charge in [-0.3, -0.25) is 9.78 Å². The molecule has 0 radical (unpaired) electrons. The number of carbonyl (C=O) groups is 1. The number of allylic oxidation sites excluding steroid dienone is 2. The number of hydrogen-bond donors (Lipinski definition) is 0. The van der Waals surface area contributed by atoms with Crippen molar-refractivity contribution in [3.05, 3.63) is 54.2 Å². The van der Waals surface area contributed by atoms with E-state index in [1.54, 1.807) is 13.0 Å². The number of ketones is 1. The van der Waals surface area contributed by atoms with Crippen molar-refractivity contribution < 1.29 is 4.79 Å². The molecule has 1 aromatic carbocycles. The number of benzene rings is 1. The third-order valence-corrected chi connectivity index (χ3v) is 3.06. The van der Waals surface area contributed by atoms with Gasteiger partial charge in [0.1, 0.15) is 0 Å². The highest BCUT2D eigenvalue weighted by Gasteiger charge is 2.08. The molecule has 18 heavy (non-hydrogen) atoms. The maximum Gasteiger partial charge on any atom is 0.152 e. The largest absolute Gasteiger partial charge is 0.295 e. The molecular formula is C16H17NO. The van der Waals surface area contributed by atoms with Gasteiger partial charge in [-0.15, -0.1) is 0 Å². The standard InChI is InChI=1S/C16H17NO/c1-12(6-5-7-13(2)18)14-10-11-17-16-9-4-3-8-15(14)16/h3-5,7-12H,6H2,1-2H3/b7-5-/t12-/m0/s1.